The highest BCUT2D eigenvalue weighted by Gasteiger charge is 2.33. The molecule has 0 saturated carbocycles. The largest absolute Gasteiger partial charge is 0.507 e. The summed E-state index contributed by atoms with van der Waals surface area (Å²) < 4.78 is 43.2. The molecule has 2 heterocycles. The minimum atomic E-state index is -4.54. The number of nitrogens with one attached hydrogen (secondary N) is 1. The van der Waals surface area contributed by atoms with Gasteiger partial charge in [-0.25, -0.2) is 4.98 Å². The number of hydrogen-bond acceptors (Lipinski definition) is 6. The van der Waals surface area contributed by atoms with Gasteiger partial charge in [0, 0.05) is 30.2 Å². The first-order chi connectivity index (χ1) is 12.7. The van der Waals surface area contributed by atoms with Crippen molar-refractivity contribution in [2.75, 3.05) is 31.6 Å². The average Bonchev–Trinajstić information content (AvgIpc) is 3.07. The quantitative estimate of drug-likeness (QED) is 0.789. The van der Waals surface area contributed by atoms with Crippen LogP contribution in [0.2, 0.25) is 5.02 Å². The van der Waals surface area contributed by atoms with Crippen molar-refractivity contribution in [3.05, 3.63) is 39.4 Å². The van der Waals surface area contributed by atoms with Gasteiger partial charge in [0.1, 0.15) is 10.6 Å². The van der Waals surface area contributed by atoms with E-state index in [0.717, 1.165) is 0 Å². The predicted octanol–water partition coefficient (Wildman–Crippen LogP) is 3.61. The Bertz CT molecular complexity index is 838. The Kier molecular flexibility index (Phi) is 5.89. The summed E-state index contributed by atoms with van der Waals surface area (Å²) in [5.74, 6) is -1.06. The number of nitrogens with zero attached hydrogens (tertiary/aromatic N) is 2. The van der Waals surface area contributed by atoms with Gasteiger partial charge < -0.3 is 9.84 Å². The number of carbonyl (C=O) groups excluding carboxylic acids is 1. The maximum Gasteiger partial charge on any atom is 0.427 e. The fourth-order valence-corrected chi connectivity index (χ4v) is 3.50. The molecule has 6 nitrogen and oxygen atoms in total. The molecule has 0 radical (unpaired) electrons. The highest BCUT2D eigenvalue weighted by atomic mass is 35.5. The number of anilines is 1. The lowest BCUT2D eigenvalue weighted by Crippen LogP contribution is -2.35. The molecule has 0 aliphatic carbocycles. The van der Waals surface area contributed by atoms with Crippen molar-refractivity contribution >= 4 is 34.0 Å². The van der Waals surface area contributed by atoms with E-state index < -0.39 is 17.0 Å². The molecule has 27 heavy (non-hydrogen) atoms. The second-order valence-corrected chi connectivity index (χ2v) is 7.30. The number of phenolic OH excluding ortho intramolecular Hbond substituents is 1. The molecule has 3 rings (SSSR count). The highest BCUT2D eigenvalue weighted by molar-refractivity contribution is 7.15. The van der Waals surface area contributed by atoms with Crippen molar-refractivity contribution in [2.45, 2.75) is 12.7 Å². The number of ether oxygens (including phenoxy) is 1. The molecule has 2 N–H and O–H groups in total. The molecule has 1 saturated heterocycles. The third-order valence-electron chi connectivity index (χ3n) is 3.90. The van der Waals surface area contributed by atoms with E-state index >= 15 is 0 Å². The number of hydrogen-bond donors (Lipinski definition) is 2. The number of aromatic nitrogens is 1. The summed E-state index contributed by atoms with van der Waals surface area (Å²) >= 11 is 6.36. The molecular formula is C16H15ClF3N3O3S. The summed E-state index contributed by atoms with van der Waals surface area (Å²) in [6.45, 7) is 2.85. The van der Waals surface area contributed by atoms with Gasteiger partial charge in [-0.3, -0.25) is 15.0 Å². The van der Waals surface area contributed by atoms with E-state index in [9.17, 15) is 23.1 Å². The van der Waals surface area contributed by atoms with Gasteiger partial charge in [-0.1, -0.05) is 22.9 Å². The molecule has 11 heteroatoms. The number of rotatable bonds is 4. The minimum absolute atomic E-state index is 0.130. The number of alkyl halides is 3. The van der Waals surface area contributed by atoms with Crippen LogP contribution >= 0.6 is 22.9 Å². The van der Waals surface area contributed by atoms with Crippen molar-refractivity contribution in [3.8, 4) is 5.75 Å². The lowest BCUT2D eigenvalue weighted by Gasteiger charge is -2.27. The highest BCUT2D eigenvalue weighted by Crippen LogP contribution is 2.35. The Morgan fingerprint density at radius 2 is 2.07 bits per heavy atom. The molecule has 0 bridgehead atoms. The normalized spacial score (nSPS) is 15.7. The zero-order valence-corrected chi connectivity index (χ0v) is 15.4. The Hall–Kier alpha value is -1.88. The zero-order chi connectivity index (χ0) is 19.6. The van der Waals surface area contributed by atoms with Gasteiger partial charge in [0.05, 0.1) is 25.0 Å². The van der Waals surface area contributed by atoms with Gasteiger partial charge in [-0.15, -0.1) is 0 Å². The summed E-state index contributed by atoms with van der Waals surface area (Å²) in [6, 6.07) is 2.81. The summed E-state index contributed by atoms with van der Waals surface area (Å²) in [5, 5.41) is 12.7. The first-order valence-electron chi connectivity index (χ1n) is 7.90. The maximum atomic E-state index is 12.6. The smallest absolute Gasteiger partial charge is 0.427 e. The maximum absolute atomic E-state index is 12.6. The Morgan fingerprint density at radius 1 is 1.37 bits per heavy atom. The number of morpholine rings is 1. The van der Waals surface area contributed by atoms with Crippen LogP contribution in [-0.2, 0) is 17.5 Å². The first-order valence-corrected chi connectivity index (χ1v) is 9.09. The van der Waals surface area contributed by atoms with Crippen LogP contribution < -0.4 is 5.32 Å². The van der Waals surface area contributed by atoms with E-state index in [1.54, 1.807) is 6.07 Å². The number of phenols is 1. The van der Waals surface area contributed by atoms with Gasteiger partial charge in [-0.05, 0) is 12.1 Å². The Morgan fingerprint density at radius 3 is 2.70 bits per heavy atom. The fraction of sp³-hybridized carbons (Fsp3) is 0.375. The Balaban J connectivity index is 1.78. The molecule has 0 atom stereocenters. The molecule has 1 aliphatic rings. The lowest BCUT2D eigenvalue weighted by atomic mass is 10.1. The summed E-state index contributed by atoms with van der Waals surface area (Å²) in [7, 11) is 0. The zero-order valence-electron chi connectivity index (χ0n) is 13.8. The molecule has 1 amide bonds. The van der Waals surface area contributed by atoms with E-state index in [0.29, 0.717) is 55.9 Å². The number of halogens is 4. The fourth-order valence-electron chi connectivity index (χ4n) is 2.58. The standard InChI is InChI=1S/C16H15ClF3N3O3S/c17-10-5-9(8-23-1-3-26-4-2-23)13(24)11(6-10)14(25)22-15-21-7-12(27-15)16(18,19)20/h5-7,24H,1-4,8H2,(H,21,22,25). The van der Waals surface area contributed by atoms with E-state index in [4.69, 9.17) is 16.3 Å². The monoisotopic (exact) mass is 421 g/mol. The molecular weight excluding hydrogens is 407 g/mol. The lowest BCUT2D eigenvalue weighted by molar-refractivity contribution is -0.134. The van der Waals surface area contributed by atoms with Crippen LogP contribution in [0.3, 0.4) is 0 Å². The van der Waals surface area contributed by atoms with Gasteiger partial charge in [0.15, 0.2) is 5.13 Å². The van der Waals surface area contributed by atoms with Crippen molar-refractivity contribution < 1.29 is 27.8 Å². The number of carbonyl (C=O) groups is 1. The third kappa shape index (κ3) is 4.89. The van der Waals surface area contributed by atoms with Crippen molar-refractivity contribution in [2.24, 2.45) is 0 Å². The Labute approximate surface area is 161 Å². The van der Waals surface area contributed by atoms with E-state index in [-0.39, 0.29) is 21.5 Å². The van der Waals surface area contributed by atoms with Crippen LogP contribution in [0.4, 0.5) is 18.3 Å². The predicted molar refractivity (Wildman–Crippen MR) is 94.3 cm³/mol. The van der Waals surface area contributed by atoms with Crippen molar-refractivity contribution in [1.29, 1.82) is 0 Å². The topological polar surface area (TPSA) is 74.7 Å². The van der Waals surface area contributed by atoms with Crippen LogP contribution in [0.25, 0.3) is 0 Å². The minimum Gasteiger partial charge on any atom is -0.507 e. The molecule has 1 aliphatic heterocycles. The first kappa shape index (κ1) is 19.9. The van der Waals surface area contributed by atoms with Gasteiger partial charge in [-0.2, -0.15) is 13.2 Å². The van der Waals surface area contributed by atoms with Crippen LogP contribution in [-0.4, -0.2) is 47.2 Å². The summed E-state index contributed by atoms with van der Waals surface area (Å²) in [5.41, 5.74) is 0.319. The van der Waals surface area contributed by atoms with Crippen LogP contribution in [0, 0.1) is 0 Å². The van der Waals surface area contributed by atoms with Crippen molar-refractivity contribution in [3.63, 3.8) is 0 Å². The number of thiazole rings is 1. The third-order valence-corrected chi connectivity index (χ3v) is 5.08. The van der Waals surface area contributed by atoms with E-state index in [1.807, 2.05) is 4.90 Å². The van der Waals surface area contributed by atoms with Crippen LogP contribution in [0.5, 0.6) is 5.75 Å². The molecule has 0 unspecified atom stereocenters. The molecule has 2 aromatic rings. The van der Waals surface area contributed by atoms with Gasteiger partial charge >= 0.3 is 6.18 Å². The molecule has 1 fully saturated rings. The second-order valence-electron chi connectivity index (χ2n) is 5.83. The molecule has 1 aromatic heterocycles. The summed E-state index contributed by atoms with van der Waals surface area (Å²) in [4.78, 5) is 17.1. The molecule has 146 valence electrons. The van der Waals surface area contributed by atoms with E-state index in [1.165, 1.54) is 6.07 Å². The number of benzene rings is 1. The number of amides is 1. The molecule has 0 spiro atoms. The summed E-state index contributed by atoms with van der Waals surface area (Å²) in [6.07, 6.45) is -3.90. The average molecular weight is 422 g/mol. The van der Waals surface area contributed by atoms with Crippen molar-refractivity contribution in [1.82, 2.24) is 9.88 Å². The van der Waals surface area contributed by atoms with Crippen LogP contribution in [0.15, 0.2) is 18.3 Å². The van der Waals surface area contributed by atoms with E-state index in [2.05, 4.69) is 10.3 Å². The van der Waals surface area contributed by atoms with Gasteiger partial charge in [0.25, 0.3) is 5.91 Å². The number of aromatic hydroxyl groups is 1. The molecule has 1 aromatic carbocycles. The second kappa shape index (κ2) is 8.01. The van der Waals surface area contributed by atoms with Gasteiger partial charge in [0.2, 0.25) is 0 Å². The SMILES string of the molecule is O=C(Nc1ncc(C(F)(F)F)s1)c1cc(Cl)cc(CN2CCOCC2)c1O. The van der Waals surface area contributed by atoms with Crippen LogP contribution in [0.1, 0.15) is 20.8 Å².